The first-order chi connectivity index (χ1) is 13.4. The number of carbonyl (C=O) groups excluding carboxylic acids is 1. The number of ether oxygens (including phenoxy) is 1. The van der Waals surface area contributed by atoms with Gasteiger partial charge in [-0.05, 0) is 30.2 Å². The van der Waals surface area contributed by atoms with Gasteiger partial charge in [0.15, 0.2) is 0 Å². The SMILES string of the molecule is CCOC(=O)N1CCN([C@H](c2ccccc2)c2cccc(C(F)(F)F)c2)CC1. The Balaban J connectivity index is 1.87. The number of halogens is 3. The lowest BCUT2D eigenvalue weighted by atomic mass is 9.95. The molecule has 1 aliphatic rings. The third kappa shape index (κ3) is 4.65. The Morgan fingerprint density at radius 3 is 2.25 bits per heavy atom. The van der Waals surface area contributed by atoms with E-state index in [1.54, 1.807) is 17.9 Å². The fourth-order valence-corrected chi connectivity index (χ4v) is 3.51. The molecule has 0 N–H and O–H groups in total. The van der Waals surface area contributed by atoms with Gasteiger partial charge in [0.1, 0.15) is 0 Å². The van der Waals surface area contributed by atoms with Crippen LogP contribution in [-0.2, 0) is 10.9 Å². The van der Waals surface area contributed by atoms with Gasteiger partial charge in [-0.1, -0.05) is 42.5 Å². The van der Waals surface area contributed by atoms with E-state index in [0.717, 1.165) is 11.6 Å². The number of hydrogen-bond acceptors (Lipinski definition) is 3. The first kappa shape index (κ1) is 20.2. The van der Waals surface area contributed by atoms with E-state index in [0.29, 0.717) is 38.3 Å². The summed E-state index contributed by atoms with van der Waals surface area (Å²) in [4.78, 5) is 15.7. The van der Waals surface area contributed by atoms with Crippen LogP contribution >= 0.6 is 0 Å². The number of piperazine rings is 1. The summed E-state index contributed by atoms with van der Waals surface area (Å²) in [6, 6.07) is 14.6. The number of rotatable bonds is 4. The molecule has 1 heterocycles. The van der Waals surface area contributed by atoms with Crippen LogP contribution in [0.4, 0.5) is 18.0 Å². The molecule has 2 aromatic carbocycles. The van der Waals surface area contributed by atoms with Crippen LogP contribution in [0.25, 0.3) is 0 Å². The molecule has 0 spiro atoms. The Morgan fingerprint density at radius 2 is 1.64 bits per heavy atom. The summed E-state index contributed by atoms with van der Waals surface area (Å²) in [5, 5.41) is 0. The lowest BCUT2D eigenvalue weighted by Crippen LogP contribution is -2.50. The van der Waals surface area contributed by atoms with E-state index < -0.39 is 11.7 Å². The molecule has 4 nitrogen and oxygen atoms in total. The number of nitrogens with zero attached hydrogens (tertiary/aromatic N) is 2. The van der Waals surface area contributed by atoms with Crippen molar-refractivity contribution < 1.29 is 22.7 Å². The molecule has 0 radical (unpaired) electrons. The van der Waals surface area contributed by atoms with Crippen molar-refractivity contribution in [2.24, 2.45) is 0 Å². The largest absolute Gasteiger partial charge is 0.450 e. The highest BCUT2D eigenvalue weighted by molar-refractivity contribution is 5.67. The summed E-state index contributed by atoms with van der Waals surface area (Å²) in [5.74, 6) is 0. The third-order valence-electron chi connectivity index (χ3n) is 4.85. The van der Waals surface area contributed by atoms with Crippen molar-refractivity contribution >= 4 is 6.09 Å². The van der Waals surface area contributed by atoms with Gasteiger partial charge < -0.3 is 9.64 Å². The molecular formula is C21H23F3N2O2. The van der Waals surface area contributed by atoms with Gasteiger partial charge in [0.25, 0.3) is 0 Å². The molecule has 0 aromatic heterocycles. The Morgan fingerprint density at radius 1 is 1.00 bits per heavy atom. The van der Waals surface area contributed by atoms with Gasteiger partial charge in [-0.25, -0.2) is 4.79 Å². The lowest BCUT2D eigenvalue weighted by Gasteiger charge is -2.39. The molecule has 0 unspecified atom stereocenters. The second-order valence-corrected chi connectivity index (χ2v) is 6.66. The summed E-state index contributed by atoms with van der Waals surface area (Å²) < 4.78 is 44.7. The average Bonchev–Trinajstić information content (AvgIpc) is 2.69. The summed E-state index contributed by atoms with van der Waals surface area (Å²) in [6.07, 6.45) is -4.74. The van der Waals surface area contributed by atoms with Crippen molar-refractivity contribution in [2.75, 3.05) is 32.8 Å². The molecule has 1 saturated heterocycles. The lowest BCUT2D eigenvalue weighted by molar-refractivity contribution is -0.137. The van der Waals surface area contributed by atoms with Gasteiger partial charge in [0, 0.05) is 26.2 Å². The van der Waals surface area contributed by atoms with E-state index in [1.165, 1.54) is 12.1 Å². The van der Waals surface area contributed by atoms with Crippen LogP contribution in [0.3, 0.4) is 0 Å². The van der Waals surface area contributed by atoms with Gasteiger partial charge >= 0.3 is 12.3 Å². The number of hydrogen-bond donors (Lipinski definition) is 0. The Labute approximate surface area is 162 Å². The van der Waals surface area contributed by atoms with Gasteiger partial charge in [-0.15, -0.1) is 0 Å². The molecule has 2 aromatic rings. The molecule has 7 heteroatoms. The molecule has 1 amide bonds. The number of alkyl halides is 3. The highest BCUT2D eigenvalue weighted by atomic mass is 19.4. The molecule has 28 heavy (non-hydrogen) atoms. The first-order valence-electron chi connectivity index (χ1n) is 9.28. The van der Waals surface area contributed by atoms with Gasteiger partial charge in [-0.2, -0.15) is 13.2 Å². The van der Waals surface area contributed by atoms with E-state index in [4.69, 9.17) is 4.74 Å². The van der Waals surface area contributed by atoms with E-state index >= 15 is 0 Å². The zero-order valence-electron chi connectivity index (χ0n) is 15.7. The molecule has 0 aliphatic carbocycles. The van der Waals surface area contributed by atoms with Gasteiger partial charge in [0.05, 0.1) is 18.2 Å². The monoisotopic (exact) mass is 392 g/mol. The molecule has 1 fully saturated rings. The average molecular weight is 392 g/mol. The molecular weight excluding hydrogens is 369 g/mol. The highest BCUT2D eigenvalue weighted by Crippen LogP contribution is 2.34. The van der Waals surface area contributed by atoms with Crippen LogP contribution < -0.4 is 0 Å². The normalized spacial score (nSPS) is 16.6. The number of amides is 1. The summed E-state index contributed by atoms with van der Waals surface area (Å²) >= 11 is 0. The molecule has 1 aliphatic heterocycles. The molecule has 150 valence electrons. The van der Waals surface area contributed by atoms with Crippen molar-refractivity contribution in [1.29, 1.82) is 0 Å². The van der Waals surface area contributed by atoms with Crippen molar-refractivity contribution in [1.82, 2.24) is 9.80 Å². The minimum Gasteiger partial charge on any atom is -0.450 e. The summed E-state index contributed by atoms with van der Waals surface area (Å²) in [5.41, 5.74) is 0.855. The summed E-state index contributed by atoms with van der Waals surface area (Å²) in [6.45, 7) is 4.12. The maximum Gasteiger partial charge on any atom is 0.416 e. The number of benzene rings is 2. The standard InChI is InChI=1S/C21H23F3N2O2/c1-2-28-20(27)26-13-11-25(12-14-26)19(16-7-4-3-5-8-16)17-9-6-10-18(15-17)21(22,23)24/h3-10,15,19H,2,11-14H2,1H3/t19-/m1/s1. The number of carbonyl (C=O) groups is 1. The zero-order chi connectivity index (χ0) is 20.1. The predicted octanol–water partition coefficient (Wildman–Crippen LogP) is 4.57. The van der Waals surface area contributed by atoms with Crippen molar-refractivity contribution in [3.05, 3.63) is 71.3 Å². The minimum absolute atomic E-state index is 0.312. The smallest absolute Gasteiger partial charge is 0.416 e. The molecule has 1 atom stereocenters. The van der Waals surface area contributed by atoms with E-state index in [2.05, 4.69) is 4.90 Å². The summed E-state index contributed by atoms with van der Waals surface area (Å²) in [7, 11) is 0. The molecule has 0 bridgehead atoms. The Bertz CT molecular complexity index is 788. The minimum atomic E-state index is -4.39. The highest BCUT2D eigenvalue weighted by Gasteiger charge is 2.33. The predicted molar refractivity (Wildman–Crippen MR) is 99.9 cm³/mol. The van der Waals surface area contributed by atoms with Crippen molar-refractivity contribution in [3.8, 4) is 0 Å². The maximum absolute atomic E-state index is 13.2. The molecule has 3 rings (SSSR count). The van der Waals surface area contributed by atoms with Crippen LogP contribution in [0.5, 0.6) is 0 Å². The second kappa shape index (κ2) is 8.65. The van der Waals surface area contributed by atoms with Crippen LogP contribution in [-0.4, -0.2) is 48.7 Å². The van der Waals surface area contributed by atoms with E-state index in [9.17, 15) is 18.0 Å². The van der Waals surface area contributed by atoms with Gasteiger partial charge in [-0.3, -0.25) is 4.90 Å². The van der Waals surface area contributed by atoms with Gasteiger partial charge in [0.2, 0.25) is 0 Å². The van der Waals surface area contributed by atoms with Crippen LogP contribution in [0, 0.1) is 0 Å². The maximum atomic E-state index is 13.2. The fourth-order valence-electron chi connectivity index (χ4n) is 3.51. The molecule has 0 saturated carbocycles. The topological polar surface area (TPSA) is 32.8 Å². The van der Waals surface area contributed by atoms with Crippen LogP contribution in [0.2, 0.25) is 0 Å². The van der Waals surface area contributed by atoms with Crippen molar-refractivity contribution in [3.63, 3.8) is 0 Å². The third-order valence-corrected chi connectivity index (χ3v) is 4.85. The van der Waals surface area contributed by atoms with E-state index in [1.807, 2.05) is 30.3 Å². The Kier molecular flexibility index (Phi) is 6.24. The van der Waals surface area contributed by atoms with Crippen LogP contribution in [0.1, 0.15) is 29.7 Å². The second-order valence-electron chi connectivity index (χ2n) is 6.66. The zero-order valence-corrected chi connectivity index (χ0v) is 15.7. The fraction of sp³-hybridized carbons (Fsp3) is 0.381. The quantitative estimate of drug-likeness (QED) is 0.764. The first-order valence-corrected chi connectivity index (χ1v) is 9.28. The Hall–Kier alpha value is -2.54. The van der Waals surface area contributed by atoms with Crippen LogP contribution in [0.15, 0.2) is 54.6 Å². The van der Waals surface area contributed by atoms with Crippen molar-refractivity contribution in [2.45, 2.75) is 19.1 Å². The van der Waals surface area contributed by atoms with E-state index in [-0.39, 0.29) is 12.1 Å².